The summed E-state index contributed by atoms with van der Waals surface area (Å²) in [7, 11) is 0. The van der Waals surface area contributed by atoms with Crippen LogP contribution in [0.25, 0.3) is 0 Å². The van der Waals surface area contributed by atoms with Crippen LogP contribution in [0.4, 0.5) is 0 Å². The summed E-state index contributed by atoms with van der Waals surface area (Å²) in [4.78, 5) is 0. The average Bonchev–Trinajstić information content (AvgIpc) is 2.06. The van der Waals surface area contributed by atoms with Crippen LogP contribution in [0.3, 0.4) is 0 Å². The summed E-state index contributed by atoms with van der Waals surface area (Å²) in [5.41, 5.74) is 6.23. The molecule has 1 aliphatic heterocycles. The van der Waals surface area contributed by atoms with Crippen molar-refractivity contribution in [2.45, 2.75) is 51.6 Å². The molecule has 2 heteroatoms. The average molecular weight is 170 g/mol. The minimum absolute atomic E-state index is 0.0412. The zero-order chi connectivity index (χ0) is 9.19. The molecule has 0 aromatic rings. The third-order valence-corrected chi connectivity index (χ3v) is 3.31. The van der Waals surface area contributed by atoms with Crippen LogP contribution in [-0.2, 0) is 0 Å². The van der Waals surface area contributed by atoms with Crippen LogP contribution in [0, 0.1) is 5.92 Å². The van der Waals surface area contributed by atoms with E-state index in [9.17, 15) is 0 Å². The van der Waals surface area contributed by atoms with E-state index < -0.39 is 0 Å². The van der Waals surface area contributed by atoms with Gasteiger partial charge in [0.1, 0.15) is 0 Å². The largest absolute Gasteiger partial charge is 0.324 e. The van der Waals surface area contributed by atoms with Gasteiger partial charge in [0.15, 0.2) is 0 Å². The molecule has 2 unspecified atom stereocenters. The van der Waals surface area contributed by atoms with E-state index in [1.807, 2.05) is 0 Å². The molecule has 0 aromatic heterocycles. The highest BCUT2D eigenvalue weighted by Crippen LogP contribution is 2.23. The Morgan fingerprint density at radius 1 is 1.42 bits per heavy atom. The quantitative estimate of drug-likeness (QED) is 0.659. The monoisotopic (exact) mass is 170 g/mol. The van der Waals surface area contributed by atoms with E-state index in [2.05, 4.69) is 26.1 Å². The second kappa shape index (κ2) is 3.75. The van der Waals surface area contributed by atoms with Gasteiger partial charge in [0.25, 0.3) is 0 Å². The number of hydrogen-bond donors (Lipinski definition) is 2. The van der Waals surface area contributed by atoms with Crippen molar-refractivity contribution in [3.8, 4) is 0 Å². The van der Waals surface area contributed by atoms with Crippen molar-refractivity contribution >= 4 is 0 Å². The lowest BCUT2D eigenvalue weighted by atomic mass is 9.79. The second-order valence-corrected chi connectivity index (χ2v) is 4.52. The maximum absolute atomic E-state index is 6.27. The molecule has 0 amide bonds. The van der Waals surface area contributed by atoms with E-state index in [1.54, 1.807) is 0 Å². The Morgan fingerprint density at radius 3 is 2.50 bits per heavy atom. The molecular formula is C10H22N2. The summed E-state index contributed by atoms with van der Waals surface area (Å²) in [6.45, 7) is 7.72. The lowest BCUT2D eigenvalue weighted by Crippen LogP contribution is -2.59. The van der Waals surface area contributed by atoms with Gasteiger partial charge in [0.05, 0.1) is 0 Å². The van der Waals surface area contributed by atoms with Gasteiger partial charge in [0.2, 0.25) is 0 Å². The lowest BCUT2D eigenvalue weighted by molar-refractivity contribution is 0.210. The van der Waals surface area contributed by atoms with Crippen molar-refractivity contribution < 1.29 is 0 Å². The number of hydrogen-bond acceptors (Lipinski definition) is 2. The predicted octanol–water partition coefficient (Wildman–Crippen LogP) is 1.50. The molecule has 2 atom stereocenters. The van der Waals surface area contributed by atoms with E-state index >= 15 is 0 Å². The first-order valence-electron chi connectivity index (χ1n) is 5.07. The Balaban J connectivity index is 2.53. The number of nitrogens with two attached hydrogens (primary N) is 1. The molecule has 1 rings (SSSR count). The molecule has 0 aromatic carbocycles. The van der Waals surface area contributed by atoms with Crippen LogP contribution in [0.1, 0.15) is 40.0 Å². The summed E-state index contributed by atoms with van der Waals surface area (Å²) >= 11 is 0. The van der Waals surface area contributed by atoms with Crippen LogP contribution in [0.15, 0.2) is 0 Å². The van der Waals surface area contributed by atoms with Crippen LogP contribution in [0.5, 0.6) is 0 Å². The fourth-order valence-corrected chi connectivity index (χ4v) is 1.79. The molecule has 72 valence electrons. The van der Waals surface area contributed by atoms with Crippen molar-refractivity contribution in [3.05, 3.63) is 0 Å². The minimum Gasteiger partial charge on any atom is -0.324 e. The first-order chi connectivity index (χ1) is 5.55. The summed E-state index contributed by atoms with van der Waals surface area (Å²) in [6.07, 6.45) is 3.88. The standard InChI is InChI=1S/C10H22N2/c1-8(2)10(3,11)9-6-4-5-7-12-9/h8-9,12H,4-7,11H2,1-3H3. The van der Waals surface area contributed by atoms with Gasteiger partial charge < -0.3 is 11.1 Å². The molecule has 0 radical (unpaired) electrons. The topological polar surface area (TPSA) is 38.0 Å². The van der Waals surface area contributed by atoms with Crippen LogP contribution in [-0.4, -0.2) is 18.1 Å². The van der Waals surface area contributed by atoms with Gasteiger partial charge in [-0.1, -0.05) is 20.3 Å². The minimum atomic E-state index is -0.0412. The van der Waals surface area contributed by atoms with Crippen molar-refractivity contribution in [2.75, 3.05) is 6.54 Å². The maximum Gasteiger partial charge on any atom is 0.0304 e. The van der Waals surface area contributed by atoms with Gasteiger partial charge in [-0.3, -0.25) is 0 Å². The normalized spacial score (nSPS) is 30.2. The third-order valence-electron chi connectivity index (χ3n) is 3.31. The molecule has 2 nitrogen and oxygen atoms in total. The molecule has 3 N–H and O–H groups in total. The number of nitrogens with one attached hydrogen (secondary N) is 1. The molecule has 0 spiro atoms. The second-order valence-electron chi connectivity index (χ2n) is 4.52. The first-order valence-corrected chi connectivity index (χ1v) is 5.07. The predicted molar refractivity (Wildman–Crippen MR) is 53.1 cm³/mol. The SMILES string of the molecule is CC(C)C(C)(N)C1CCCCN1. The molecule has 12 heavy (non-hydrogen) atoms. The van der Waals surface area contributed by atoms with Gasteiger partial charge in [0, 0.05) is 11.6 Å². The highest BCUT2D eigenvalue weighted by Gasteiger charge is 2.33. The first kappa shape index (κ1) is 10.0. The highest BCUT2D eigenvalue weighted by atomic mass is 15.0. The molecule has 1 saturated heterocycles. The molecule has 1 fully saturated rings. The Morgan fingerprint density at radius 2 is 2.08 bits per heavy atom. The van der Waals surface area contributed by atoms with Crippen molar-refractivity contribution in [1.82, 2.24) is 5.32 Å². The fourth-order valence-electron chi connectivity index (χ4n) is 1.79. The smallest absolute Gasteiger partial charge is 0.0304 e. The Bertz CT molecular complexity index is 135. The molecule has 1 heterocycles. The van der Waals surface area contributed by atoms with E-state index in [-0.39, 0.29) is 5.54 Å². The Hall–Kier alpha value is -0.0800. The van der Waals surface area contributed by atoms with Crippen LogP contribution >= 0.6 is 0 Å². The third kappa shape index (κ3) is 1.99. The Kier molecular flexibility index (Phi) is 3.13. The van der Waals surface area contributed by atoms with Crippen molar-refractivity contribution in [1.29, 1.82) is 0 Å². The van der Waals surface area contributed by atoms with Gasteiger partial charge in [-0.25, -0.2) is 0 Å². The summed E-state index contributed by atoms with van der Waals surface area (Å²) < 4.78 is 0. The van der Waals surface area contributed by atoms with E-state index in [4.69, 9.17) is 5.73 Å². The van der Waals surface area contributed by atoms with Gasteiger partial charge in [-0.05, 0) is 32.2 Å². The van der Waals surface area contributed by atoms with Crippen LogP contribution < -0.4 is 11.1 Å². The number of rotatable bonds is 2. The van der Waals surface area contributed by atoms with E-state index in [0.29, 0.717) is 12.0 Å². The van der Waals surface area contributed by atoms with Gasteiger partial charge >= 0.3 is 0 Å². The van der Waals surface area contributed by atoms with Gasteiger partial charge in [-0.15, -0.1) is 0 Å². The van der Waals surface area contributed by atoms with Crippen LogP contribution in [0.2, 0.25) is 0 Å². The summed E-state index contributed by atoms with van der Waals surface area (Å²) in [5, 5.41) is 3.52. The fraction of sp³-hybridized carbons (Fsp3) is 1.00. The number of piperidine rings is 1. The molecule has 1 aliphatic rings. The maximum atomic E-state index is 6.27. The van der Waals surface area contributed by atoms with Crippen molar-refractivity contribution in [3.63, 3.8) is 0 Å². The molecule has 0 saturated carbocycles. The summed E-state index contributed by atoms with van der Waals surface area (Å²) in [5.74, 6) is 0.549. The highest BCUT2D eigenvalue weighted by molar-refractivity contribution is 4.95. The molecular weight excluding hydrogens is 148 g/mol. The molecule has 0 aliphatic carbocycles. The molecule has 0 bridgehead atoms. The zero-order valence-electron chi connectivity index (χ0n) is 8.56. The Labute approximate surface area is 75.9 Å². The van der Waals surface area contributed by atoms with E-state index in [0.717, 1.165) is 6.54 Å². The van der Waals surface area contributed by atoms with Gasteiger partial charge in [-0.2, -0.15) is 0 Å². The van der Waals surface area contributed by atoms with E-state index in [1.165, 1.54) is 19.3 Å². The van der Waals surface area contributed by atoms with Crippen molar-refractivity contribution in [2.24, 2.45) is 11.7 Å². The zero-order valence-corrected chi connectivity index (χ0v) is 8.56. The lowest BCUT2D eigenvalue weighted by Gasteiger charge is -2.40. The summed E-state index contributed by atoms with van der Waals surface area (Å²) in [6, 6.07) is 0.520.